The average molecular weight is 437 g/mol. The molecule has 0 aliphatic rings. The first-order chi connectivity index (χ1) is 13.0. The maximum Gasteiger partial charge on any atom is 0.234 e. The van der Waals surface area contributed by atoms with Crippen LogP contribution in [0.5, 0.6) is 17.2 Å². The van der Waals surface area contributed by atoms with Crippen molar-refractivity contribution in [3.05, 3.63) is 52.0 Å². The molecule has 0 saturated carbocycles. The molecule has 2 aromatic rings. The van der Waals surface area contributed by atoms with Gasteiger partial charge in [-0.3, -0.25) is 9.69 Å². The summed E-state index contributed by atoms with van der Waals surface area (Å²) in [5, 5.41) is 2.92. The molecule has 0 aliphatic carbocycles. The molecule has 0 spiro atoms. The number of amides is 1. The molecule has 1 amide bonds. The zero-order chi connectivity index (χ0) is 19.8. The SMILES string of the molecule is COc1cc(OC)c(OC)cc1CNC(=O)CN(C)Cc1ccc(Br)cc1. The van der Waals surface area contributed by atoms with Crippen LogP contribution in [0.25, 0.3) is 0 Å². The largest absolute Gasteiger partial charge is 0.496 e. The molecule has 0 atom stereocenters. The summed E-state index contributed by atoms with van der Waals surface area (Å²) < 4.78 is 17.0. The van der Waals surface area contributed by atoms with E-state index in [-0.39, 0.29) is 5.91 Å². The Bertz CT molecular complexity index is 765. The summed E-state index contributed by atoms with van der Waals surface area (Å²) in [6.07, 6.45) is 0. The minimum Gasteiger partial charge on any atom is -0.496 e. The van der Waals surface area contributed by atoms with Crippen LogP contribution in [0.4, 0.5) is 0 Å². The Morgan fingerprint density at radius 2 is 1.59 bits per heavy atom. The first-order valence-corrected chi connectivity index (χ1v) is 9.24. The monoisotopic (exact) mass is 436 g/mol. The maximum atomic E-state index is 12.3. The van der Waals surface area contributed by atoms with Crippen LogP contribution in [0.15, 0.2) is 40.9 Å². The molecule has 0 radical (unpaired) electrons. The molecule has 0 fully saturated rings. The molecule has 2 rings (SSSR count). The number of rotatable bonds is 9. The van der Waals surface area contributed by atoms with Gasteiger partial charge in [0.2, 0.25) is 5.91 Å². The molecule has 0 aliphatic heterocycles. The minimum absolute atomic E-state index is 0.0635. The topological polar surface area (TPSA) is 60.0 Å². The predicted octanol–water partition coefficient (Wildman–Crippen LogP) is 3.22. The summed E-state index contributed by atoms with van der Waals surface area (Å²) in [6.45, 7) is 1.33. The van der Waals surface area contributed by atoms with Crippen molar-refractivity contribution in [1.29, 1.82) is 0 Å². The molecule has 0 aromatic heterocycles. The number of likely N-dealkylation sites (N-methyl/N-ethyl adjacent to an activating group) is 1. The molecular formula is C20H25BrN2O4. The van der Waals surface area contributed by atoms with Gasteiger partial charge in [-0.05, 0) is 30.8 Å². The molecule has 7 heteroatoms. The number of carbonyl (C=O) groups excluding carboxylic acids is 1. The molecular weight excluding hydrogens is 412 g/mol. The fourth-order valence-electron chi connectivity index (χ4n) is 2.68. The van der Waals surface area contributed by atoms with E-state index in [1.54, 1.807) is 27.4 Å². The summed E-state index contributed by atoms with van der Waals surface area (Å²) in [6, 6.07) is 11.6. The molecule has 6 nitrogen and oxygen atoms in total. The third kappa shape index (κ3) is 6.15. The molecule has 0 unspecified atom stereocenters. The number of ether oxygens (including phenoxy) is 3. The summed E-state index contributed by atoms with van der Waals surface area (Å²) in [7, 11) is 6.64. The number of hydrogen-bond acceptors (Lipinski definition) is 5. The lowest BCUT2D eigenvalue weighted by Gasteiger charge is -2.18. The number of carbonyl (C=O) groups is 1. The number of hydrogen-bond donors (Lipinski definition) is 1. The average Bonchev–Trinajstić information content (AvgIpc) is 2.67. The van der Waals surface area contributed by atoms with Gasteiger partial charge in [0.15, 0.2) is 11.5 Å². The van der Waals surface area contributed by atoms with Crippen LogP contribution in [0.1, 0.15) is 11.1 Å². The van der Waals surface area contributed by atoms with Crippen molar-refractivity contribution >= 4 is 21.8 Å². The maximum absolute atomic E-state index is 12.3. The number of benzene rings is 2. The highest BCUT2D eigenvalue weighted by atomic mass is 79.9. The first-order valence-electron chi connectivity index (χ1n) is 8.45. The number of halogens is 1. The van der Waals surface area contributed by atoms with E-state index in [0.717, 1.165) is 15.6 Å². The Hall–Kier alpha value is -2.25. The van der Waals surface area contributed by atoms with Gasteiger partial charge in [0, 0.05) is 29.2 Å². The summed E-state index contributed by atoms with van der Waals surface area (Å²) >= 11 is 3.42. The van der Waals surface area contributed by atoms with Crippen molar-refractivity contribution in [2.45, 2.75) is 13.1 Å². The number of methoxy groups -OCH3 is 3. The van der Waals surface area contributed by atoms with Gasteiger partial charge < -0.3 is 19.5 Å². The normalized spacial score (nSPS) is 10.6. The highest BCUT2D eigenvalue weighted by Gasteiger charge is 2.13. The van der Waals surface area contributed by atoms with E-state index in [2.05, 4.69) is 21.2 Å². The minimum atomic E-state index is -0.0635. The molecule has 27 heavy (non-hydrogen) atoms. The molecule has 146 valence electrons. The lowest BCUT2D eigenvalue weighted by molar-refractivity contribution is -0.122. The van der Waals surface area contributed by atoms with E-state index in [1.807, 2.05) is 42.3 Å². The highest BCUT2D eigenvalue weighted by molar-refractivity contribution is 9.10. The molecule has 0 bridgehead atoms. The van der Waals surface area contributed by atoms with Crippen LogP contribution in [-0.2, 0) is 17.9 Å². The molecule has 1 N–H and O–H groups in total. The van der Waals surface area contributed by atoms with Gasteiger partial charge >= 0.3 is 0 Å². The van der Waals surface area contributed by atoms with Crippen molar-refractivity contribution < 1.29 is 19.0 Å². The van der Waals surface area contributed by atoms with Gasteiger partial charge in [-0.15, -0.1) is 0 Å². The quantitative estimate of drug-likeness (QED) is 0.653. The van der Waals surface area contributed by atoms with Crippen LogP contribution in [0, 0.1) is 0 Å². The van der Waals surface area contributed by atoms with Crippen molar-refractivity contribution in [3.63, 3.8) is 0 Å². The third-order valence-electron chi connectivity index (χ3n) is 4.04. The lowest BCUT2D eigenvalue weighted by atomic mass is 10.1. The zero-order valence-electron chi connectivity index (χ0n) is 16.0. The fraction of sp³-hybridized carbons (Fsp3) is 0.350. The van der Waals surface area contributed by atoms with Crippen molar-refractivity contribution in [2.24, 2.45) is 0 Å². The van der Waals surface area contributed by atoms with Crippen LogP contribution in [-0.4, -0.2) is 45.7 Å². The first kappa shape index (κ1) is 21.1. The van der Waals surface area contributed by atoms with Gasteiger partial charge in [-0.25, -0.2) is 0 Å². The van der Waals surface area contributed by atoms with Gasteiger partial charge in [0.25, 0.3) is 0 Å². The Balaban J connectivity index is 1.93. The van der Waals surface area contributed by atoms with Crippen LogP contribution in [0.2, 0.25) is 0 Å². The van der Waals surface area contributed by atoms with Crippen LogP contribution < -0.4 is 19.5 Å². The Labute approximate surface area is 168 Å². The molecule has 2 aromatic carbocycles. The summed E-state index contributed by atoms with van der Waals surface area (Å²) in [4.78, 5) is 14.3. The smallest absolute Gasteiger partial charge is 0.234 e. The van der Waals surface area contributed by atoms with E-state index >= 15 is 0 Å². The van der Waals surface area contributed by atoms with Crippen molar-refractivity contribution in [2.75, 3.05) is 34.9 Å². The lowest BCUT2D eigenvalue weighted by Crippen LogP contribution is -2.34. The predicted molar refractivity (Wildman–Crippen MR) is 108 cm³/mol. The van der Waals surface area contributed by atoms with E-state index in [4.69, 9.17) is 14.2 Å². The summed E-state index contributed by atoms with van der Waals surface area (Å²) in [5.41, 5.74) is 1.97. The Morgan fingerprint density at radius 1 is 1.00 bits per heavy atom. The summed E-state index contributed by atoms with van der Waals surface area (Å²) in [5.74, 6) is 1.75. The van der Waals surface area contributed by atoms with Gasteiger partial charge in [-0.2, -0.15) is 0 Å². The Kier molecular flexibility index (Phi) is 7.94. The second kappa shape index (κ2) is 10.2. The van der Waals surface area contributed by atoms with Gasteiger partial charge in [0.1, 0.15) is 5.75 Å². The van der Waals surface area contributed by atoms with Crippen molar-refractivity contribution in [1.82, 2.24) is 10.2 Å². The zero-order valence-corrected chi connectivity index (χ0v) is 17.6. The highest BCUT2D eigenvalue weighted by Crippen LogP contribution is 2.34. The van der Waals surface area contributed by atoms with E-state index in [1.165, 1.54) is 0 Å². The van der Waals surface area contributed by atoms with E-state index in [0.29, 0.717) is 36.9 Å². The van der Waals surface area contributed by atoms with Crippen LogP contribution >= 0.6 is 15.9 Å². The fourth-order valence-corrected chi connectivity index (χ4v) is 2.95. The second-order valence-corrected chi connectivity index (χ2v) is 7.01. The molecule has 0 heterocycles. The van der Waals surface area contributed by atoms with Gasteiger partial charge in [0.05, 0.1) is 27.9 Å². The van der Waals surface area contributed by atoms with Crippen LogP contribution in [0.3, 0.4) is 0 Å². The number of nitrogens with one attached hydrogen (secondary N) is 1. The van der Waals surface area contributed by atoms with E-state index in [9.17, 15) is 4.79 Å². The molecule has 0 saturated heterocycles. The van der Waals surface area contributed by atoms with Crippen molar-refractivity contribution in [3.8, 4) is 17.2 Å². The number of nitrogens with zero attached hydrogens (tertiary/aromatic N) is 1. The third-order valence-corrected chi connectivity index (χ3v) is 4.57. The standard InChI is InChI=1S/C20H25BrN2O4/c1-23(12-14-5-7-16(21)8-6-14)13-20(24)22-11-15-9-18(26-3)19(27-4)10-17(15)25-2/h5-10H,11-13H2,1-4H3,(H,22,24). The van der Waals surface area contributed by atoms with Gasteiger partial charge in [-0.1, -0.05) is 28.1 Å². The second-order valence-electron chi connectivity index (χ2n) is 6.09. The van der Waals surface area contributed by atoms with E-state index < -0.39 is 0 Å². The Morgan fingerprint density at radius 3 is 2.19 bits per heavy atom.